The Morgan fingerprint density at radius 3 is 1.37 bits per heavy atom. The highest BCUT2D eigenvalue weighted by Crippen LogP contribution is 2.56. The number of hydrogen-bond donors (Lipinski definition) is 0. The maximum absolute atomic E-state index is 6.49. The van der Waals surface area contributed by atoms with Crippen LogP contribution < -0.4 is 14.2 Å². The standard InChI is InChI=1S/C35H22N2O.C31H22N2O.C31H20N2O/c1-2-31-36-28-15-7-17-30-35(28)37(31)34-27(14-6-16-29(34)38-30)21-18-19-26-24-11-4-9-20-8-3-10-23(32(20)24)25-13-5-12-22(21)33(25)26;1-2-27-32-24-12-6-14-26-31(24)33(27)30-22(11-5-13-25(30)34-26)23-17-20-9-3-7-18-15-16-19-8-4-10-21(23)29(19)28(18)20;1-2-28-32-25-13-7-15-27-31(25)33(28)30-24(12-6-14-26(30)34-27)20-16-17-23-19-9-4-3-8-18(19)21-10-5-11-22(20)29(21)23/h3-19H,2H2,1H3;3-8,10-17,29H,2,9H2,1H3;3-17H,2H2,1H3. The van der Waals surface area contributed by atoms with Crippen LogP contribution in [0.5, 0.6) is 34.5 Å². The molecule has 0 amide bonds. The minimum Gasteiger partial charge on any atom is -0.453 e. The number of fused-ring (bicyclic) bond motifs is 11. The van der Waals surface area contributed by atoms with Gasteiger partial charge in [0.2, 0.25) is 0 Å². The Bertz CT molecular complexity index is 7010. The van der Waals surface area contributed by atoms with Crippen molar-refractivity contribution < 1.29 is 14.2 Å². The van der Waals surface area contributed by atoms with Crippen LogP contribution in [0.25, 0.3) is 154 Å². The van der Waals surface area contributed by atoms with Crippen molar-refractivity contribution in [3.8, 4) is 96.1 Å². The molecule has 8 aliphatic rings. The molecule has 0 spiro atoms. The smallest absolute Gasteiger partial charge is 0.153 e. The van der Waals surface area contributed by atoms with Crippen molar-refractivity contribution in [2.24, 2.45) is 5.92 Å². The van der Waals surface area contributed by atoms with Crippen LogP contribution in [0.1, 0.15) is 50.2 Å². The molecule has 25 rings (SSSR count). The van der Waals surface area contributed by atoms with Gasteiger partial charge in [0.15, 0.2) is 34.5 Å². The number of hydrogen-bond acceptors (Lipinski definition) is 6. The number of aryl methyl sites for hydroxylation is 3. The maximum atomic E-state index is 6.49. The Morgan fingerprint density at radius 1 is 0.358 bits per heavy atom. The summed E-state index contributed by atoms with van der Waals surface area (Å²) in [6.45, 7) is 6.51. The summed E-state index contributed by atoms with van der Waals surface area (Å²) in [7, 11) is 0. The molecule has 0 saturated heterocycles. The summed E-state index contributed by atoms with van der Waals surface area (Å²) in [6, 6.07) is 82.3. The third-order valence-electron chi connectivity index (χ3n) is 23.2. The molecule has 0 bridgehead atoms. The zero-order valence-electron chi connectivity index (χ0n) is 58.4. The van der Waals surface area contributed by atoms with Gasteiger partial charge in [-0.2, -0.15) is 0 Å². The molecule has 3 aliphatic heterocycles. The van der Waals surface area contributed by atoms with Crippen molar-refractivity contribution in [3.05, 3.63) is 330 Å². The van der Waals surface area contributed by atoms with Crippen LogP contribution in [0, 0.1) is 5.92 Å². The molecule has 0 saturated carbocycles. The number of rotatable bonds is 6. The molecule has 0 radical (unpaired) electrons. The molecule has 1 atom stereocenters. The van der Waals surface area contributed by atoms with Crippen molar-refractivity contribution in [2.75, 3.05) is 0 Å². The summed E-state index contributed by atoms with van der Waals surface area (Å²) < 4.78 is 26.4. The van der Waals surface area contributed by atoms with E-state index in [0.29, 0.717) is 5.92 Å². The molecule has 500 valence electrons. The predicted octanol–water partition coefficient (Wildman–Crippen LogP) is 24.9. The second kappa shape index (κ2) is 22.3. The molecule has 17 aromatic rings. The summed E-state index contributed by atoms with van der Waals surface area (Å²) in [6.07, 6.45) is 21.8. The normalized spacial score (nSPS) is 15.3. The first kappa shape index (κ1) is 59.2. The van der Waals surface area contributed by atoms with E-state index in [4.69, 9.17) is 29.2 Å². The number of benzene rings is 14. The van der Waals surface area contributed by atoms with Gasteiger partial charge in [-0.15, -0.1) is 0 Å². The van der Waals surface area contributed by atoms with Gasteiger partial charge in [-0.1, -0.05) is 245 Å². The molecule has 0 N–H and O–H groups in total. The first-order valence-electron chi connectivity index (χ1n) is 37.1. The van der Waals surface area contributed by atoms with E-state index in [1.54, 1.807) is 0 Å². The van der Waals surface area contributed by atoms with Crippen molar-refractivity contribution in [3.63, 3.8) is 0 Å². The van der Waals surface area contributed by atoms with Crippen LogP contribution in [0.2, 0.25) is 0 Å². The fraction of sp³-hybridized carbons (Fsp3) is 0.0825. The molecule has 9 nitrogen and oxygen atoms in total. The van der Waals surface area contributed by atoms with E-state index in [2.05, 4.69) is 277 Å². The van der Waals surface area contributed by atoms with Crippen LogP contribution in [0.15, 0.2) is 307 Å². The summed E-state index contributed by atoms with van der Waals surface area (Å²) >= 11 is 0. The minimum atomic E-state index is 0.297. The Labute approximate surface area is 610 Å². The molecule has 106 heavy (non-hydrogen) atoms. The van der Waals surface area contributed by atoms with E-state index < -0.39 is 0 Å². The average molecular weight is 1360 g/mol. The van der Waals surface area contributed by atoms with Gasteiger partial charge in [0.1, 0.15) is 34.0 Å². The highest BCUT2D eigenvalue weighted by Gasteiger charge is 2.38. The van der Waals surface area contributed by atoms with Crippen molar-refractivity contribution in [1.82, 2.24) is 28.7 Å². The lowest BCUT2D eigenvalue weighted by atomic mass is 9.66. The lowest BCUT2D eigenvalue weighted by Crippen LogP contribution is -2.22. The van der Waals surface area contributed by atoms with E-state index >= 15 is 0 Å². The first-order valence-corrected chi connectivity index (χ1v) is 37.1. The molecule has 6 heterocycles. The van der Waals surface area contributed by atoms with Crippen LogP contribution in [0.3, 0.4) is 0 Å². The number of para-hydroxylation sites is 6. The summed E-state index contributed by atoms with van der Waals surface area (Å²) in [5.41, 5.74) is 28.9. The Kier molecular flexibility index (Phi) is 12.5. The minimum absolute atomic E-state index is 0.297. The molecule has 1 unspecified atom stereocenters. The maximum Gasteiger partial charge on any atom is 0.153 e. The molecule has 5 aliphatic carbocycles. The number of allylic oxidation sites excluding steroid dienone is 14. The zero-order chi connectivity index (χ0) is 69.7. The monoisotopic (exact) mass is 1360 g/mol. The van der Waals surface area contributed by atoms with Crippen LogP contribution in [-0.4, -0.2) is 28.7 Å². The fourth-order valence-corrected chi connectivity index (χ4v) is 18.9. The van der Waals surface area contributed by atoms with Gasteiger partial charge in [-0.25, -0.2) is 15.0 Å². The Morgan fingerprint density at radius 2 is 0.792 bits per heavy atom. The van der Waals surface area contributed by atoms with Crippen LogP contribution in [-0.2, 0) is 19.3 Å². The van der Waals surface area contributed by atoms with Gasteiger partial charge in [0, 0.05) is 41.9 Å². The second-order valence-electron chi connectivity index (χ2n) is 28.6. The van der Waals surface area contributed by atoms with Gasteiger partial charge < -0.3 is 14.2 Å². The lowest BCUT2D eigenvalue weighted by molar-refractivity contribution is 0.474. The highest BCUT2D eigenvalue weighted by atomic mass is 16.5. The zero-order valence-corrected chi connectivity index (χ0v) is 58.4. The number of ether oxygens (including phenoxy) is 3. The average Bonchev–Trinajstić information content (AvgIpc) is 1.43. The van der Waals surface area contributed by atoms with Crippen molar-refractivity contribution in [1.29, 1.82) is 0 Å². The summed E-state index contributed by atoms with van der Waals surface area (Å²) in [4.78, 5) is 14.9. The van der Waals surface area contributed by atoms with Gasteiger partial charge in [0.05, 0.1) is 33.6 Å². The van der Waals surface area contributed by atoms with Crippen molar-refractivity contribution >= 4 is 92.5 Å². The third-order valence-corrected chi connectivity index (χ3v) is 23.2. The number of aromatic nitrogens is 6. The van der Waals surface area contributed by atoms with E-state index in [0.717, 1.165) is 133 Å². The number of imidazole rings is 3. The molecular weight excluding hydrogens is 1300 g/mol. The van der Waals surface area contributed by atoms with Crippen molar-refractivity contribution in [2.45, 2.75) is 46.5 Å². The van der Waals surface area contributed by atoms with Crippen LogP contribution >= 0.6 is 0 Å². The molecular formula is C97H64N6O3. The Balaban J connectivity index is 0.0000000968. The third kappa shape index (κ3) is 8.16. The van der Waals surface area contributed by atoms with Gasteiger partial charge in [-0.05, 0) is 182 Å². The molecule has 14 aromatic carbocycles. The first-order chi connectivity index (χ1) is 52.5. The quantitative estimate of drug-likeness (QED) is 0.122. The van der Waals surface area contributed by atoms with E-state index in [1.807, 2.05) is 36.4 Å². The Hall–Kier alpha value is -13.4. The van der Waals surface area contributed by atoms with E-state index in [-0.39, 0.29) is 0 Å². The molecule has 3 aromatic heterocycles. The fourth-order valence-electron chi connectivity index (χ4n) is 18.9. The lowest BCUT2D eigenvalue weighted by Gasteiger charge is -2.37. The van der Waals surface area contributed by atoms with Gasteiger partial charge in [0.25, 0.3) is 0 Å². The molecule has 0 fully saturated rings. The second-order valence-corrected chi connectivity index (χ2v) is 28.6. The van der Waals surface area contributed by atoms with Crippen LogP contribution in [0.4, 0.5) is 0 Å². The van der Waals surface area contributed by atoms with Gasteiger partial charge in [-0.3, -0.25) is 13.7 Å². The summed E-state index contributed by atoms with van der Waals surface area (Å²) in [5, 5.41) is 13.0. The largest absolute Gasteiger partial charge is 0.453 e. The van der Waals surface area contributed by atoms with Gasteiger partial charge >= 0.3 is 0 Å². The van der Waals surface area contributed by atoms with E-state index in [9.17, 15) is 0 Å². The molecule has 9 heteroatoms. The topological polar surface area (TPSA) is 81.1 Å². The number of nitrogens with zero attached hydrogens (tertiary/aromatic N) is 6. The summed E-state index contributed by atoms with van der Waals surface area (Å²) in [5.74, 6) is 8.70. The van der Waals surface area contributed by atoms with E-state index in [1.165, 1.54) is 132 Å². The highest BCUT2D eigenvalue weighted by molar-refractivity contribution is 6.34. The SMILES string of the molecule is CCc1nc2cccc3c2n1-c1c(cccc1-c1ccc2c4c(cccc14)-c1ccccc1-2)O3.CCc1nc2cccc3c2n1-c1c(cccc1-c1ccc2c4cccc5cccc(c6cccc1c62)c54)O3.CCc1nc2cccc3c2n1-c1c(cccc1C1=C2C=CC=C4C=CC5=C(C(=C1)CC=C5)C42)O3. The predicted molar refractivity (Wildman–Crippen MR) is 431 cm³/mol.